The maximum Gasteiger partial charge on any atom is 0.165 e. The summed E-state index contributed by atoms with van der Waals surface area (Å²) < 4.78 is 7.29. The van der Waals surface area contributed by atoms with E-state index in [9.17, 15) is 0 Å². The summed E-state index contributed by atoms with van der Waals surface area (Å²) in [4.78, 5) is 8.79. The molecule has 23 heavy (non-hydrogen) atoms. The highest BCUT2D eigenvalue weighted by molar-refractivity contribution is 6.33. The third-order valence-electron chi connectivity index (χ3n) is 3.89. The van der Waals surface area contributed by atoms with Crippen molar-refractivity contribution in [3.8, 4) is 22.8 Å². The number of rotatable bonds is 4. The minimum atomic E-state index is 0.449. The van der Waals surface area contributed by atoms with Crippen molar-refractivity contribution in [2.24, 2.45) is 0 Å². The molecule has 1 saturated carbocycles. The third-order valence-corrected chi connectivity index (χ3v) is 4.19. The molecular formula is C17H15ClN4O. The number of methoxy groups -OCH3 is 1. The van der Waals surface area contributed by atoms with E-state index in [2.05, 4.69) is 4.98 Å². The fourth-order valence-electron chi connectivity index (χ4n) is 2.55. The topological polar surface area (TPSA) is 52.8 Å². The Kier molecular flexibility index (Phi) is 3.50. The zero-order valence-corrected chi connectivity index (χ0v) is 13.4. The number of ether oxygens (including phenoxy) is 1. The SMILES string of the molecule is COc1ccccc1-n1nc(C2CC2)nc1-c1ccncc1Cl. The molecule has 2 heterocycles. The van der Waals surface area contributed by atoms with E-state index in [1.54, 1.807) is 19.5 Å². The van der Waals surface area contributed by atoms with E-state index in [4.69, 9.17) is 26.4 Å². The summed E-state index contributed by atoms with van der Waals surface area (Å²) in [7, 11) is 1.65. The Morgan fingerprint density at radius 1 is 1.22 bits per heavy atom. The summed E-state index contributed by atoms with van der Waals surface area (Å²) in [5.74, 6) is 2.76. The second kappa shape index (κ2) is 5.66. The Hall–Kier alpha value is -2.40. The Bertz CT molecular complexity index is 857. The maximum absolute atomic E-state index is 6.32. The molecule has 0 saturated heterocycles. The molecule has 116 valence electrons. The third kappa shape index (κ3) is 2.57. The molecule has 1 aromatic carbocycles. The van der Waals surface area contributed by atoms with Crippen LogP contribution in [0.15, 0.2) is 42.7 Å². The Morgan fingerprint density at radius 2 is 2.04 bits per heavy atom. The molecule has 5 nitrogen and oxygen atoms in total. The first-order valence-electron chi connectivity index (χ1n) is 7.48. The lowest BCUT2D eigenvalue weighted by Gasteiger charge is -2.10. The van der Waals surface area contributed by atoms with Gasteiger partial charge in [-0.05, 0) is 31.0 Å². The van der Waals surface area contributed by atoms with Crippen LogP contribution in [-0.4, -0.2) is 26.9 Å². The zero-order chi connectivity index (χ0) is 15.8. The lowest BCUT2D eigenvalue weighted by atomic mass is 10.2. The highest BCUT2D eigenvalue weighted by atomic mass is 35.5. The van der Waals surface area contributed by atoms with Crippen molar-refractivity contribution < 1.29 is 4.74 Å². The first-order chi connectivity index (χ1) is 11.3. The van der Waals surface area contributed by atoms with Gasteiger partial charge in [-0.2, -0.15) is 5.10 Å². The standard InChI is InChI=1S/C17H15ClN4O/c1-23-15-5-3-2-4-14(15)22-17(12-8-9-19-10-13(12)18)20-16(21-22)11-6-7-11/h2-5,8-11H,6-7H2,1H3. The molecule has 0 N–H and O–H groups in total. The average Bonchev–Trinajstić information content (AvgIpc) is 3.35. The minimum Gasteiger partial charge on any atom is -0.494 e. The van der Waals surface area contributed by atoms with Gasteiger partial charge in [-0.25, -0.2) is 9.67 Å². The van der Waals surface area contributed by atoms with Crippen LogP contribution in [-0.2, 0) is 0 Å². The molecule has 1 aliphatic carbocycles. The van der Waals surface area contributed by atoms with E-state index in [-0.39, 0.29) is 0 Å². The smallest absolute Gasteiger partial charge is 0.165 e. The van der Waals surface area contributed by atoms with Gasteiger partial charge >= 0.3 is 0 Å². The van der Waals surface area contributed by atoms with E-state index < -0.39 is 0 Å². The van der Waals surface area contributed by atoms with Crippen LogP contribution >= 0.6 is 11.6 Å². The van der Waals surface area contributed by atoms with Crippen molar-refractivity contribution in [3.63, 3.8) is 0 Å². The van der Waals surface area contributed by atoms with Crippen molar-refractivity contribution in [2.75, 3.05) is 7.11 Å². The Morgan fingerprint density at radius 3 is 2.78 bits per heavy atom. The van der Waals surface area contributed by atoms with Crippen molar-refractivity contribution in [2.45, 2.75) is 18.8 Å². The van der Waals surface area contributed by atoms with Gasteiger partial charge in [0.1, 0.15) is 11.4 Å². The Balaban J connectivity index is 1.93. The van der Waals surface area contributed by atoms with E-state index in [0.717, 1.165) is 35.7 Å². The lowest BCUT2D eigenvalue weighted by Crippen LogP contribution is -2.02. The molecule has 3 aromatic rings. The van der Waals surface area contributed by atoms with Gasteiger partial charge in [0.25, 0.3) is 0 Å². The second-order valence-electron chi connectivity index (χ2n) is 5.51. The van der Waals surface area contributed by atoms with E-state index >= 15 is 0 Å². The molecule has 0 spiro atoms. The molecular weight excluding hydrogens is 312 g/mol. The summed E-state index contributed by atoms with van der Waals surface area (Å²) in [6.07, 6.45) is 5.60. The van der Waals surface area contributed by atoms with E-state index in [0.29, 0.717) is 16.8 Å². The predicted molar refractivity (Wildman–Crippen MR) is 88.1 cm³/mol. The van der Waals surface area contributed by atoms with Gasteiger partial charge in [-0.3, -0.25) is 4.98 Å². The van der Waals surface area contributed by atoms with Gasteiger partial charge in [0.2, 0.25) is 0 Å². The van der Waals surface area contributed by atoms with Gasteiger partial charge in [-0.1, -0.05) is 23.7 Å². The summed E-state index contributed by atoms with van der Waals surface area (Å²) >= 11 is 6.32. The number of benzene rings is 1. The van der Waals surface area contributed by atoms with Crippen molar-refractivity contribution >= 4 is 11.6 Å². The summed E-state index contributed by atoms with van der Waals surface area (Å²) in [6, 6.07) is 9.61. The number of pyridine rings is 1. The molecule has 1 fully saturated rings. The van der Waals surface area contributed by atoms with Gasteiger partial charge < -0.3 is 4.74 Å². The monoisotopic (exact) mass is 326 g/mol. The highest BCUT2D eigenvalue weighted by Crippen LogP contribution is 2.40. The predicted octanol–water partition coefficient (Wildman–Crippen LogP) is 3.87. The molecule has 0 bridgehead atoms. The highest BCUT2D eigenvalue weighted by Gasteiger charge is 2.30. The van der Waals surface area contributed by atoms with Crippen molar-refractivity contribution in [1.82, 2.24) is 19.7 Å². The molecule has 0 unspecified atom stereocenters. The number of para-hydroxylation sites is 2. The summed E-state index contributed by atoms with van der Waals surface area (Å²) in [6.45, 7) is 0. The zero-order valence-electron chi connectivity index (χ0n) is 12.6. The molecule has 0 amide bonds. The number of nitrogens with zero attached hydrogens (tertiary/aromatic N) is 4. The first kappa shape index (κ1) is 14.2. The van der Waals surface area contributed by atoms with Crippen molar-refractivity contribution in [3.05, 3.63) is 53.6 Å². The number of hydrogen-bond acceptors (Lipinski definition) is 4. The van der Waals surface area contributed by atoms with Crippen LogP contribution in [0.25, 0.3) is 17.1 Å². The number of aromatic nitrogens is 4. The van der Waals surface area contributed by atoms with Crippen LogP contribution in [0.5, 0.6) is 5.75 Å². The average molecular weight is 327 g/mol. The molecule has 4 rings (SSSR count). The molecule has 0 atom stereocenters. The van der Waals surface area contributed by atoms with Crippen LogP contribution in [0.4, 0.5) is 0 Å². The van der Waals surface area contributed by atoms with Gasteiger partial charge in [0, 0.05) is 23.9 Å². The van der Waals surface area contributed by atoms with E-state index in [1.165, 1.54) is 0 Å². The summed E-state index contributed by atoms with van der Waals surface area (Å²) in [5.41, 5.74) is 1.66. The van der Waals surface area contributed by atoms with Gasteiger partial charge in [0.05, 0.1) is 12.1 Å². The fourth-order valence-corrected chi connectivity index (χ4v) is 2.75. The molecule has 0 radical (unpaired) electrons. The van der Waals surface area contributed by atoms with Crippen molar-refractivity contribution in [1.29, 1.82) is 0 Å². The lowest BCUT2D eigenvalue weighted by molar-refractivity contribution is 0.412. The largest absolute Gasteiger partial charge is 0.494 e. The quantitative estimate of drug-likeness (QED) is 0.730. The molecule has 1 aliphatic rings. The number of halogens is 1. The van der Waals surface area contributed by atoms with Crippen LogP contribution in [0.1, 0.15) is 24.6 Å². The second-order valence-corrected chi connectivity index (χ2v) is 5.91. The van der Waals surface area contributed by atoms with E-state index in [1.807, 2.05) is 35.0 Å². The van der Waals surface area contributed by atoms with Gasteiger partial charge in [-0.15, -0.1) is 0 Å². The van der Waals surface area contributed by atoms with Crippen LogP contribution in [0.2, 0.25) is 5.02 Å². The minimum absolute atomic E-state index is 0.449. The molecule has 2 aromatic heterocycles. The van der Waals surface area contributed by atoms with Crippen LogP contribution in [0.3, 0.4) is 0 Å². The summed E-state index contributed by atoms with van der Waals surface area (Å²) in [5, 5.41) is 5.27. The molecule has 6 heteroatoms. The fraction of sp³-hybridized carbons (Fsp3) is 0.235. The van der Waals surface area contributed by atoms with Gasteiger partial charge in [0.15, 0.2) is 11.6 Å². The normalized spacial score (nSPS) is 14.0. The first-order valence-corrected chi connectivity index (χ1v) is 7.86. The maximum atomic E-state index is 6.32. The van der Waals surface area contributed by atoms with Crippen LogP contribution in [0, 0.1) is 0 Å². The molecule has 0 aliphatic heterocycles. The number of hydrogen-bond donors (Lipinski definition) is 0. The van der Waals surface area contributed by atoms with Crippen LogP contribution < -0.4 is 4.74 Å². The Labute approximate surface area is 138 Å².